The van der Waals surface area contributed by atoms with Gasteiger partial charge in [0.05, 0.1) is 17.8 Å². The van der Waals surface area contributed by atoms with Gasteiger partial charge in [-0.15, -0.1) is 0 Å². The smallest absolute Gasteiger partial charge is 0.135 e. The summed E-state index contributed by atoms with van der Waals surface area (Å²) in [5, 5.41) is 96.0. The summed E-state index contributed by atoms with van der Waals surface area (Å²) < 4.78 is 20.0. The van der Waals surface area contributed by atoms with Gasteiger partial charge in [0.2, 0.25) is 0 Å². The normalized spacial score (nSPS) is 20.0. The number of phenolic OH excluding ortho intramolecular Hbond substituents is 9. The Labute approximate surface area is 389 Å². The summed E-state index contributed by atoms with van der Waals surface area (Å²) >= 11 is 0. The van der Waals surface area contributed by atoms with Crippen molar-refractivity contribution in [1.29, 1.82) is 0 Å². The topological polar surface area (TPSA) is 210 Å². The van der Waals surface area contributed by atoms with E-state index in [1.807, 2.05) is 30.4 Å². The number of fused-ring (bicyclic) bond motifs is 3. The highest BCUT2D eigenvalue weighted by molar-refractivity contribution is 5.76. The van der Waals surface area contributed by atoms with Crippen molar-refractivity contribution in [2.75, 3.05) is 0 Å². The van der Waals surface area contributed by atoms with E-state index in [0.717, 1.165) is 22.3 Å². The van der Waals surface area contributed by atoms with Crippen LogP contribution in [0, 0.1) is 0 Å². The lowest BCUT2D eigenvalue weighted by Gasteiger charge is -2.26. The molecule has 0 saturated carbocycles. The molecule has 68 heavy (non-hydrogen) atoms. The average Bonchev–Trinajstić information content (AvgIpc) is 4.00. The van der Waals surface area contributed by atoms with Crippen molar-refractivity contribution in [2.45, 2.75) is 36.1 Å². The predicted octanol–water partition coefficient (Wildman–Crippen LogP) is 11.0. The van der Waals surface area contributed by atoms with E-state index in [1.165, 1.54) is 24.3 Å². The monoisotopic (exact) mass is 906 g/mol. The SMILES string of the molecule is Oc1ccc(C2Oc3ccc(/C=C/c4cc(O)cc5c4[C@H](c4cc(O)cc(O)c4)[C@@H](c4ccc(O)cc4)O5)cc3[C@@H]2c2cc(O)cc3c2[C@@H](c2cc(O)cc(O)c2)C(c2ccc(O)cc2)O3)cc1. The van der Waals surface area contributed by atoms with E-state index in [4.69, 9.17) is 14.2 Å². The van der Waals surface area contributed by atoms with Crippen molar-refractivity contribution < 1.29 is 60.2 Å². The summed E-state index contributed by atoms with van der Waals surface area (Å²) in [7, 11) is 0. The highest BCUT2D eigenvalue weighted by atomic mass is 16.5. The Balaban J connectivity index is 1.05. The van der Waals surface area contributed by atoms with Crippen LogP contribution >= 0.6 is 0 Å². The van der Waals surface area contributed by atoms with Gasteiger partial charge in [-0.1, -0.05) is 54.6 Å². The zero-order valence-electron chi connectivity index (χ0n) is 35.8. The lowest BCUT2D eigenvalue weighted by atomic mass is 9.76. The number of ether oxygens (including phenoxy) is 3. The van der Waals surface area contributed by atoms with Crippen LogP contribution in [0.2, 0.25) is 0 Å². The van der Waals surface area contributed by atoms with Crippen molar-refractivity contribution in [3.63, 3.8) is 0 Å². The number of hydrogen-bond acceptors (Lipinski definition) is 12. The second-order valence-electron chi connectivity index (χ2n) is 17.4. The molecule has 3 aliphatic heterocycles. The molecule has 0 saturated heterocycles. The van der Waals surface area contributed by atoms with Crippen LogP contribution in [-0.4, -0.2) is 46.0 Å². The summed E-state index contributed by atoms with van der Waals surface area (Å²) in [6.07, 6.45) is 1.69. The standard InChI is InChI=1S/C56H42O12/c57-35-10-4-29(5-11-35)54-50(33-19-38(60)23-39(61)20-33)49-32(18-42(64)26-47(49)67-54)3-1-28-2-16-46-44(17-28)52(56(66-46)31-8-14-37(59)15-9-31)45-25-43(65)27-48-53(45)51(34-21-40(62)24-41(63)22-34)55(68-48)30-6-12-36(58)13-7-30/h1-27,50-52,54-65H/b3-1+/t50-,51+,52+,54+,55?,56?/m0/s1. The highest BCUT2D eigenvalue weighted by Crippen LogP contribution is 2.59. The van der Waals surface area contributed by atoms with Crippen molar-refractivity contribution in [3.8, 4) is 69.0 Å². The number of aromatic hydroxyl groups is 9. The Bertz CT molecular complexity index is 3250. The van der Waals surface area contributed by atoms with E-state index in [-0.39, 0.29) is 51.7 Å². The summed E-state index contributed by atoms with van der Waals surface area (Å²) in [4.78, 5) is 0. The molecule has 0 aliphatic carbocycles. The van der Waals surface area contributed by atoms with Crippen LogP contribution in [0.4, 0.5) is 0 Å². The maximum atomic E-state index is 11.5. The second kappa shape index (κ2) is 16.2. The molecular weight excluding hydrogens is 865 g/mol. The molecule has 338 valence electrons. The average molecular weight is 907 g/mol. The molecule has 0 bridgehead atoms. The van der Waals surface area contributed by atoms with Gasteiger partial charge in [0.1, 0.15) is 87.3 Å². The third-order valence-electron chi connectivity index (χ3n) is 13.0. The Hall–Kier alpha value is -8.90. The first-order valence-electron chi connectivity index (χ1n) is 21.8. The number of rotatable bonds is 8. The first-order valence-corrected chi connectivity index (χ1v) is 21.8. The molecule has 0 amide bonds. The Morgan fingerprint density at radius 1 is 0.294 bits per heavy atom. The molecule has 0 aromatic heterocycles. The highest BCUT2D eigenvalue weighted by Gasteiger charge is 2.46. The van der Waals surface area contributed by atoms with Gasteiger partial charge in [0.15, 0.2) is 0 Å². The van der Waals surface area contributed by atoms with Gasteiger partial charge in [-0.25, -0.2) is 0 Å². The quantitative estimate of drug-likeness (QED) is 0.0652. The fraction of sp³-hybridized carbons (Fsp3) is 0.107. The molecule has 8 aromatic carbocycles. The van der Waals surface area contributed by atoms with Gasteiger partial charge in [-0.3, -0.25) is 0 Å². The van der Waals surface area contributed by atoms with Crippen LogP contribution in [-0.2, 0) is 0 Å². The molecule has 12 heteroatoms. The number of phenols is 9. The van der Waals surface area contributed by atoms with Crippen molar-refractivity contribution in [3.05, 3.63) is 213 Å². The molecule has 2 unspecified atom stereocenters. The van der Waals surface area contributed by atoms with E-state index in [0.29, 0.717) is 56.2 Å². The lowest BCUT2D eigenvalue weighted by molar-refractivity contribution is 0.220. The fourth-order valence-electron chi connectivity index (χ4n) is 10.2. The van der Waals surface area contributed by atoms with Gasteiger partial charge < -0.3 is 60.2 Å². The third kappa shape index (κ3) is 7.47. The van der Waals surface area contributed by atoms with Crippen LogP contribution in [0.3, 0.4) is 0 Å². The van der Waals surface area contributed by atoms with Gasteiger partial charge in [-0.2, -0.15) is 0 Å². The first kappa shape index (κ1) is 41.8. The third-order valence-corrected chi connectivity index (χ3v) is 13.0. The van der Waals surface area contributed by atoms with Gasteiger partial charge in [0.25, 0.3) is 0 Å². The minimum absolute atomic E-state index is 0.0494. The summed E-state index contributed by atoms with van der Waals surface area (Å²) in [5.74, 6) is -0.981. The molecule has 0 spiro atoms. The number of benzene rings is 8. The molecular formula is C56H42O12. The van der Waals surface area contributed by atoms with Crippen LogP contribution in [0.25, 0.3) is 12.2 Å². The molecule has 6 atom stereocenters. The molecule has 3 aliphatic rings. The van der Waals surface area contributed by atoms with Gasteiger partial charge >= 0.3 is 0 Å². The Morgan fingerprint density at radius 2 is 0.706 bits per heavy atom. The van der Waals surface area contributed by atoms with Crippen LogP contribution < -0.4 is 14.2 Å². The van der Waals surface area contributed by atoms with Gasteiger partial charge in [0, 0.05) is 41.0 Å². The minimum atomic E-state index is -0.718. The van der Waals surface area contributed by atoms with Crippen LogP contribution in [0.5, 0.6) is 69.0 Å². The largest absolute Gasteiger partial charge is 0.508 e. The fourth-order valence-corrected chi connectivity index (χ4v) is 10.2. The first-order chi connectivity index (χ1) is 32.8. The predicted molar refractivity (Wildman–Crippen MR) is 251 cm³/mol. The molecule has 11 rings (SSSR count). The molecule has 0 radical (unpaired) electrons. The Morgan fingerprint density at radius 3 is 1.21 bits per heavy atom. The summed E-state index contributed by atoms with van der Waals surface area (Å²) in [6.45, 7) is 0. The van der Waals surface area contributed by atoms with Crippen molar-refractivity contribution in [1.82, 2.24) is 0 Å². The minimum Gasteiger partial charge on any atom is -0.508 e. The lowest BCUT2D eigenvalue weighted by Crippen LogP contribution is -2.16. The zero-order chi connectivity index (χ0) is 47.0. The van der Waals surface area contributed by atoms with E-state index in [2.05, 4.69) is 0 Å². The molecule has 12 nitrogen and oxygen atoms in total. The van der Waals surface area contributed by atoms with E-state index in [1.54, 1.807) is 109 Å². The van der Waals surface area contributed by atoms with Crippen LogP contribution in [0.15, 0.2) is 152 Å². The van der Waals surface area contributed by atoms with Crippen LogP contribution in [0.1, 0.15) is 97.3 Å². The zero-order valence-corrected chi connectivity index (χ0v) is 35.8. The second-order valence-corrected chi connectivity index (χ2v) is 17.4. The molecule has 0 fully saturated rings. The Kier molecular flexibility index (Phi) is 9.96. The molecule has 3 heterocycles. The summed E-state index contributed by atoms with van der Waals surface area (Å²) in [6, 6.07) is 40.7. The van der Waals surface area contributed by atoms with E-state index >= 15 is 0 Å². The van der Waals surface area contributed by atoms with E-state index in [9.17, 15) is 46.0 Å². The number of hydrogen-bond donors (Lipinski definition) is 9. The maximum absolute atomic E-state index is 11.5. The van der Waals surface area contributed by atoms with E-state index < -0.39 is 36.1 Å². The summed E-state index contributed by atoms with van der Waals surface area (Å²) in [5.41, 5.74) is 7.38. The van der Waals surface area contributed by atoms with Crippen molar-refractivity contribution in [2.24, 2.45) is 0 Å². The molecule has 8 aromatic rings. The molecule has 9 N–H and O–H groups in total. The maximum Gasteiger partial charge on any atom is 0.135 e. The van der Waals surface area contributed by atoms with Crippen molar-refractivity contribution >= 4 is 12.2 Å². The van der Waals surface area contributed by atoms with Gasteiger partial charge in [-0.05, 0) is 129 Å².